The molecule has 0 fully saturated rings. The van der Waals surface area contributed by atoms with Crippen molar-refractivity contribution in [2.75, 3.05) is 13.7 Å². The summed E-state index contributed by atoms with van der Waals surface area (Å²) in [6.07, 6.45) is 2.56. The summed E-state index contributed by atoms with van der Waals surface area (Å²) >= 11 is 0. The molecule has 1 N–H and O–H groups in total. The van der Waals surface area contributed by atoms with Gasteiger partial charge in [0.2, 0.25) is 0 Å². The van der Waals surface area contributed by atoms with Crippen LogP contribution < -0.4 is 10.1 Å². The first-order valence-electron chi connectivity index (χ1n) is 9.31. The van der Waals surface area contributed by atoms with Gasteiger partial charge < -0.3 is 14.8 Å². The quantitative estimate of drug-likeness (QED) is 0.820. The van der Waals surface area contributed by atoms with Gasteiger partial charge in [-0.2, -0.15) is 0 Å². The Morgan fingerprint density at radius 2 is 2.04 bits per heavy atom. The van der Waals surface area contributed by atoms with Gasteiger partial charge in [-0.1, -0.05) is 32.1 Å². The van der Waals surface area contributed by atoms with Gasteiger partial charge >= 0.3 is 5.97 Å². The Balaban J connectivity index is 2.19. The fraction of sp³-hybridized carbons (Fsp3) is 0.455. The number of fused-ring (bicyclic) bond motifs is 1. The first kappa shape index (κ1) is 19.2. The number of hydrogen-bond acceptors (Lipinski definition) is 5. The van der Waals surface area contributed by atoms with Gasteiger partial charge in [-0.25, -0.2) is 4.79 Å². The largest absolute Gasteiger partial charge is 0.494 e. The van der Waals surface area contributed by atoms with Crippen LogP contribution in [0.5, 0.6) is 5.75 Å². The molecule has 5 heteroatoms. The number of carbonyl (C=O) groups excluding carboxylic acids is 2. The van der Waals surface area contributed by atoms with Crippen molar-refractivity contribution in [3.05, 3.63) is 52.9 Å². The molecule has 1 aromatic carbocycles. The Morgan fingerprint density at radius 1 is 1.30 bits per heavy atom. The van der Waals surface area contributed by atoms with E-state index in [1.807, 2.05) is 38.1 Å². The van der Waals surface area contributed by atoms with E-state index in [0.29, 0.717) is 18.6 Å². The van der Waals surface area contributed by atoms with Crippen molar-refractivity contribution in [1.29, 1.82) is 0 Å². The molecule has 3 rings (SSSR count). The van der Waals surface area contributed by atoms with Crippen molar-refractivity contribution in [1.82, 2.24) is 5.32 Å². The third-order valence-corrected chi connectivity index (χ3v) is 5.17. The molecule has 144 valence electrons. The number of benzene rings is 1. The number of methoxy groups -OCH3 is 1. The summed E-state index contributed by atoms with van der Waals surface area (Å²) in [5.74, 6) is -0.375. The molecule has 2 aliphatic rings. The zero-order valence-corrected chi connectivity index (χ0v) is 16.6. The standard InChI is InChI=1S/C22H27NO4/c1-6-27-15-9-7-8-14(10-15)19-18(21(25)26-5)13(2)23-16-11-22(3,4)12-17(24)20(16)19/h7-11,19-20,23H,6,12H2,1-5H3. The van der Waals surface area contributed by atoms with E-state index in [9.17, 15) is 9.59 Å². The van der Waals surface area contributed by atoms with Crippen molar-refractivity contribution in [3.63, 3.8) is 0 Å². The zero-order valence-electron chi connectivity index (χ0n) is 16.6. The molecule has 27 heavy (non-hydrogen) atoms. The molecule has 1 heterocycles. The van der Waals surface area contributed by atoms with Crippen LogP contribution >= 0.6 is 0 Å². The average molecular weight is 369 g/mol. The highest BCUT2D eigenvalue weighted by atomic mass is 16.5. The molecular formula is C22H27NO4. The summed E-state index contributed by atoms with van der Waals surface area (Å²) in [5, 5.41) is 3.30. The van der Waals surface area contributed by atoms with E-state index in [1.165, 1.54) is 7.11 Å². The van der Waals surface area contributed by atoms with Gasteiger partial charge in [0.1, 0.15) is 11.5 Å². The number of allylic oxidation sites excluding steroid dienone is 3. The summed E-state index contributed by atoms with van der Waals surface area (Å²) < 4.78 is 10.7. The van der Waals surface area contributed by atoms with Crippen LogP contribution in [-0.2, 0) is 14.3 Å². The van der Waals surface area contributed by atoms with Gasteiger partial charge in [0, 0.05) is 23.7 Å². The lowest BCUT2D eigenvalue weighted by Gasteiger charge is -2.41. The maximum Gasteiger partial charge on any atom is 0.336 e. The monoisotopic (exact) mass is 369 g/mol. The number of esters is 1. The fourth-order valence-electron chi connectivity index (χ4n) is 4.17. The van der Waals surface area contributed by atoms with Crippen LogP contribution in [0.25, 0.3) is 0 Å². The van der Waals surface area contributed by atoms with E-state index < -0.39 is 17.8 Å². The van der Waals surface area contributed by atoms with Crippen molar-refractivity contribution in [3.8, 4) is 5.75 Å². The number of rotatable bonds is 4. The smallest absolute Gasteiger partial charge is 0.336 e. The lowest BCUT2D eigenvalue weighted by atomic mass is 9.66. The Kier molecular flexibility index (Phi) is 5.13. The molecule has 0 amide bonds. The molecule has 0 aromatic heterocycles. The van der Waals surface area contributed by atoms with Gasteiger partial charge in [0.25, 0.3) is 0 Å². The molecule has 0 saturated carbocycles. The van der Waals surface area contributed by atoms with Crippen LogP contribution in [0.15, 0.2) is 47.3 Å². The van der Waals surface area contributed by atoms with E-state index in [2.05, 4.69) is 25.2 Å². The molecule has 2 unspecified atom stereocenters. The van der Waals surface area contributed by atoms with Crippen LogP contribution in [-0.4, -0.2) is 25.5 Å². The summed E-state index contributed by atoms with van der Waals surface area (Å²) in [6, 6.07) is 7.64. The van der Waals surface area contributed by atoms with E-state index in [1.54, 1.807) is 0 Å². The molecule has 0 spiro atoms. The SMILES string of the molecule is CCOc1cccc(C2C(C(=O)OC)=C(C)NC3=CC(C)(C)CC(=O)C32)c1. The highest BCUT2D eigenvalue weighted by Gasteiger charge is 2.46. The van der Waals surface area contributed by atoms with E-state index in [-0.39, 0.29) is 11.2 Å². The minimum absolute atomic E-state index is 0.130. The molecule has 1 aliphatic carbocycles. The summed E-state index contributed by atoms with van der Waals surface area (Å²) in [6.45, 7) is 8.43. The van der Waals surface area contributed by atoms with Gasteiger partial charge in [-0.3, -0.25) is 4.79 Å². The van der Waals surface area contributed by atoms with Crippen LogP contribution in [0, 0.1) is 11.3 Å². The van der Waals surface area contributed by atoms with Crippen molar-refractivity contribution in [2.24, 2.45) is 11.3 Å². The fourth-order valence-corrected chi connectivity index (χ4v) is 4.17. The van der Waals surface area contributed by atoms with Crippen LogP contribution in [0.1, 0.15) is 45.6 Å². The molecule has 0 bridgehead atoms. The zero-order chi connectivity index (χ0) is 19.8. The number of nitrogens with one attached hydrogen (secondary N) is 1. The van der Waals surface area contributed by atoms with Crippen LogP contribution in [0.2, 0.25) is 0 Å². The molecule has 2 atom stereocenters. The van der Waals surface area contributed by atoms with Gasteiger partial charge in [0.05, 0.1) is 25.2 Å². The number of carbonyl (C=O) groups is 2. The van der Waals surface area contributed by atoms with E-state index in [4.69, 9.17) is 9.47 Å². The van der Waals surface area contributed by atoms with E-state index in [0.717, 1.165) is 22.7 Å². The molecule has 5 nitrogen and oxygen atoms in total. The maximum atomic E-state index is 13.1. The highest BCUT2D eigenvalue weighted by molar-refractivity contribution is 5.96. The minimum Gasteiger partial charge on any atom is -0.494 e. The molecular weight excluding hydrogens is 342 g/mol. The lowest BCUT2D eigenvalue weighted by molar-refractivity contribution is -0.136. The first-order chi connectivity index (χ1) is 12.8. The van der Waals surface area contributed by atoms with Crippen molar-refractivity contribution < 1.29 is 19.1 Å². The number of hydrogen-bond donors (Lipinski definition) is 1. The summed E-state index contributed by atoms with van der Waals surface area (Å²) in [4.78, 5) is 25.7. The van der Waals surface area contributed by atoms with Gasteiger partial charge in [0.15, 0.2) is 0 Å². The third kappa shape index (κ3) is 3.64. The van der Waals surface area contributed by atoms with Crippen LogP contribution in [0.4, 0.5) is 0 Å². The predicted molar refractivity (Wildman–Crippen MR) is 103 cm³/mol. The second-order valence-electron chi connectivity index (χ2n) is 7.85. The van der Waals surface area contributed by atoms with E-state index >= 15 is 0 Å². The normalized spacial score (nSPS) is 23.9. The maximum absolute atomic E-state index is 13.1. The summed E-state index contributed by atoms with van der Waals surface area (Å²) in [5.41, 5.74) is 2.76. The van der Waals surface area contributed by atoms with Gasteiger partial charge in [-0.05, 0) is 37.0 Å². The first-order valence-corrected chi connectivity index (χ1v) is 9.31. The number of Topliss-reactive ketones (excluding diaryl/α,β-unsaturated/α-hetero) is 1. The Hall–Kier alpha value is -2.56. The predicted octanol–water partition coefficient (Wildman–Crippen LogP) is 3.72. The van der Waals surface area contributed by atoms with Crippen LogP contribution in [0.3, 0.4) is 0 Å². The second-order valence-corrected chi connectivity index (χ2v) is 7.85. The Morgan fingerprint density at radius 3 is 2.70 bits per heavy atom. The number of ketones is 1. The Labute approximate surface area is 160 Å². The molecule has 0 radical (unpaired) electrons. The Bertz CT molecular complexity index is 834. The second kappa shape index (κ2) is 7.22. The molecule has 1 aromatic rings. The minimum atomic E-state index is -0.423. The topological polar surface area (TPSA) is 64.6 Å². The summed E-state index contributed by atoms with van der Waals surface area (Å²) in [7, 11) is 1.37. The lowest BCUT2D eigenvalue weighted by Crippen LogP contribution is -2.43. The average Bonchev–Trinajstić information content (AvgIpc) is 2.59. The van der Waals surface area contributed by atoms with Crippen molar-refractivity contribution in [2.45, 2.75) is 40.0 Å². The van der Waals surface area contributed by atoms with Gasteiger partial charge in [-0.15, -0.1) is 0 Å². The highest BCUT2D eigenvalue weighted by Crippen LogP contribution is 2.47. The number of ether oxygens (including phenoxy) is 2. The van der Waals surface area contributed by atoms with Crippen molar-refractivity contribution >= 4 is 11.8 Å². The third-order valence-electron chi connectivity index (χ3n) is 5.17. The molecule has 0 saturated heterocycles. The molecule has 1 aliphatic heterocycles.